The molecule has 24 heavy (non-hydrogen) atoms. The van der Waals surface area contributed by atoms with E-state index in [1.165, 1.54) is 18.4 Å². The van der Waals surface area contributed by atoms with Crippen LogP contribution in [0.15, 0.2) is 47.6 Å². The van der Waals surface area contributed by atoms with Crippen molar-refractivity contribution in [1.29, 1.82) is 0 Å². The van der Waals surface area contributed by atoms with Gasteiger partial charge in [0.05, 0.1) is 6.54 Å². The fourth-order valence-corrected chi connectivity index (χ4v) is 2.83. The first-order chi connectivity index (χ1) is 11.7. The summed E-state index contributed by atoms with van der Waals surface area (Å²) in [5.74, 6) is 1.48. The Morgan fingerprint density at radius 3 is 2.46 bits per heavy atom. The highest BCUT2D eigenvalue weighted by Crippen LogP contribution is 2.17. The lowest BCUT2D eigenvalue weighted by atomic mass is 10.1. The van der Waals surface area contributed by atoms with Gasteiger partial charge < -0.3 is 16.0 Å². The molecule has 5 nitrogen and oxygen atoms in total. The number of anilines is 2. The number of pyridine rings is 1. The number of aliphatic imine (C=N–C) groups is 1. The molecule has 126 valence electrons. The van der Waals surface area contributed by atoms with E-state index in [4.69, 9.17) is 5.73 Å². The summed E-state index contributed by atoms with van der Waals surface area (Å²) < 4.78 is 0. The Morgan fingerprint density at radius 2 is 1.83 bits per heavy atom. The zero-order chi connectivity index (χ0) is 16.8. The highest BCUT2D eigenvalue weighted by molar-refractivity contribution is 5.92. The summed E-state index contributed by atoms with van der Waals surface area (Å²) in [6.45, 7) is 4.89. The number of hydrogen-bond acceptors (Lipinski definition) is 3. The molecule has 2 heterocycles. The Morgan fingerprint density at radius 1 is 1.12 bits per heavy atom. The van der Waals surface area contributed by atoms with Gasteiger partial charge in [0.25, 0.3) is 0 Å². The van der Waals surface area contributed by atoms with Crippen LogP contribution in [0.25, 0.3) is 0 Å². The lowest BCUT2D eigenvalue weighted by Gasteiger charge is -2.16. The lowest BCUT2D eigenvalue weighted by molar-refractivity contribution is 0.929. The number of nitrogens with zero attached hydrogens (tertiary/aromatic N) is 3. The van der Waals surface area contributed by atoms with Crippen LogP contribution in [-0.2, 0) is 13.0 Å². The van der Waals surface area contributed by atoms with Gasteiger partial charge in [-0.25, -0.2) is 9.98 Å². The van der Waals surface area contributed by atoms with Crippen LogP contribution >= 0.6 is 0 Å². The van der Waals surface area contributed by atoms with Crippen LogP contribution in [0, 0.1) is 0 Å². The van der Waals surface area contributed by atoms with Gasteiger partial charge in [0, 0.05) is 25.0 Å². The van der Waals surface area contributed by atoms with Crippen molar-refractivity contribution in [3.63, 3.8) is 0 Å². The predicted octanol–water partition coefficient (Wildman–Crippen LogP) is 3.17. The van der Waals surface area contributed by atoms with Crippen molar-refractivity contribution in [2.75, 3.05) is 23.3 Å². The molecule has 0 aliphatic carbocycles. The molecule has 0 radical (unpaired) electrons. The van der Waals surface area contributed by atoms with Crippen LogP contribution in [0.5, 0.6) is 0 Å². The van der Waals surface area contributed by atoms with E-state index in [0.717, 1.165) is 36.6 Å². The van der Waals surface area contributed by atoms with Gasteiger partial charge in [-0.3, -0.25) is 0 Å². The van der Waals surface area contributed by atoms with Crippen molar-refractivity contribution in [3.8, 4) is 0 Å². The summed E-state index contributed by atoms with van der Waals surface area (Å²) in [7, 11) is 0. The maximum atomic E-state index is 5.96. The zero-order valence-corrected chi connectivity index (χ0v) is 14.2. The number of hydrogen-bond donors (Lipinski definition) is 2. The van der Waals surface area contributed by atoms with E-state index in [1.54, 1.807) is 0 Å². The van der Waals surface area contributed by atoms with Gasteiger partial charge in [0.2, 0.25) is 0 Å². The largest absolute Gasteiger partial charge is 0.370 e. The molecule has 2 aromatic rings. The molecule has 3 rings (SSSR count). The molecule has 0 amide bonds. The summed E-state index contributed by atoms with van der Waals surface area (Å²) in [4.78, 5) is 11.2. The molecule has 1 aliphatic rings. The molecule has 0 bridgehead atoms. The summed E-state index contributed by atoms with van der Waals surface area (Å²) in [6.07, 6.45) is 5.44. The number of nitrogens with two attached hydrogens (primary N) is 1. The second-order valence-electron chi connectivity index (χ2n) is 6.10. The van der Waals surface area contributed by atoms with Crippen molar-refractivity contribution in [3.05, 3.63) is 53.7 Å². The Kier molecular flexibility index (Phi) is 5.31. The first-order valence-electron chi connectivity index (χ1n) is 8.60. The van der Waals surface area contributed by atoms with Crippen LogP contribution in [0.4, 0.5) is 11.5 Å². The SMILES string of the molecule is CCc1ccc(NC(N)=NCc2ccc(N3CCCC3)nc2)cc1. The number of guanidine groups is 1. The van der Waals surface area contributed by atoms with Gasteiger partial charge in [0.15, 0.2) is 5.96 Å². The van der Waals surface area contributed by atoms with E-state index in [2.05, 4.69) is 51.4 Å². The van der Waals surface area contributed by atoms with E-state index in [9.17, 15) is 0 Å². The highest BCUT2D eigenvalue weighted by Gasteiger charge is 2.12. The quantitative estimate of drug-likeness (QED) is 0.655. The minimum atomic E-state index is 0.419. The summed E-state index contributed by atoms with van der Waals surface area (Å²) in [5.41, 5.74) is 9.28. The van der Waals surface area contributed by atoms with Crippen molar-refractivity contribution in [2.45, 2.75) is 32.7 Å². The molecule has 1 aliphatic heterocycles. The first-order valence-corrected chi connectivity index (χ1v) is 8.60. The summed E-state index contributed by atoms with van der Waals surface area (Å²) in [5, 5.41) is 3.12. The Labute approximate surface area is 143 Å². The third kappa shape index (κ3) is 4.25. The van der Waals surface area contributed by atoms with Crippen LogP contribution in [0.3, 0.4) is 0 Å². The van der Waals surface area contributed by atoms with Crippen molar-refractivity contribution >= 4 is 17.5 Å². The normalized spacial score (nSPS) is 14.9. The van der Waals surface area contributed by atoms with Crippen LogP contribution in [-0.4, -0.2) is 24.0 Å². The topological polar surface area (TPSA) is 66.5 Å². The standard InChI is InChI=1S/C19H25N5/c1-2-15-5-8-17(9-6-15)23-19(20)22-14-16-7-10-18(21-13-16)24-11-3-4-12-24/h5-10,13H,2-4,11-12,14H2,1H3,(H3,20,22,23). The zero-order valence-electron chi connectivity index (χ0n) is 14.2. The highest BCUT2D eigenvalue weighted by atomic mass is 15.2. The molecule has 1 fully saturated rings. The smallest absolute Gasteiger partial charge is 0.193 e. The predicted molar refractivity (Wildman–Crippen MR) is 100 cm³/mol. The molecule has 1 saturated heterocycles. The fraction of sp³-hybridized carbons (Fsp3) is 0.368. The minimum absolute atomic E-state index is 0.419. The second-order valence-corrected chi connectivity index (χ2v) is 6.10. The minimum Gasteiger partial charge on any atom is -0.370 e. The van der Waals surface area contributed by atoms with E-state index in [-0.39, 0.29) is 0 Å². The molecule has 0 unspecified atom stereocenters. The average Bonchev–Trinajstić information content (AvgIpc) is 3.16. The number of benzene rings is 1. The van der Waals surface area contributed by atoms with Gasteiger partial charge in [-0.1, -0.05) is 25.1 Å². The van der Waals surface area contributed by atoms with Crippen LogP contribution < -0.4 is 16.0 Å². The third-order valence-electron chi connectivity index (χ3n) is 4.31. The summed E-state index contributed by atoms with van der Waals surface area (Å²) in [6, 6.07) is 12.4. The molecule has 1 aromatic carbocycles. The molecule has 3 N–H and O–H groups in total. The monoisotopic (exact) mass is 323 g/mol. The van der Waals surface area contributed by atoms with Crippen LogP contribution in [0.1, 0.15) is 30.9 Å². The fourth-order valence-electron chi connectivity index (χ4n) is 2.83. The molecule has 1 aromatic heterocycles. The number of nitrogens with one attached hydrogen (secondary N) is 1. The van der Waals surface area contributed by atoms with Crippen molar-refractivity contribution in [2.24, 2.45) is 10.7 Å². The summed E-state index contributed by atoms with van der Waals surface area (Å²) >= 11 is 0. The van der Waals surface area contributed by atoms with E-state index < -0.39 is 0 Å². The maximum absolute atomic E-state index is 5.96. The van der Waals surface area contributed by atoms with E-state index in [0.29, 0.717) is 12.5 Å². The van der Waals surface area contributed by atoms with Crippen molar-refractivity contribution in [1.82, 2.24) is 4.98 Å². The third-order valence-corrected chi connectivity index (χ3v) is 4.31. The lowest BCUT2D eigenvalue weighted by Crippen LogP contribution is -2.22. The Hall–Kier alpha value is -2.56. The molecular formula is C19H25N5. The van der Waals surface area contributed by atoms with Gasteiger partial charge in [-0.05, 0) is 48.6 Å². The van der Waals surface area contributed by atoms with E-state index >= 15 is 0 Å². The maximum Gasteiger partial charge on any atom is 0.193 e. The number of rotatable bonds is 5. The van der Waals surface area contributed by atoms with Crippen LogP contribution in [0.2, 0.25) is 0 Å². The molecular weight excluding hydrogens is 298 g/mol. The first kappa shape index (κ1) is 16.3. The number of aryl methyl sites for hydroxylation is 1. The molecule has 0 saturated carbocycles. The van der Waals surface area contributed by atoms with Crippen molar-refractivity contribution < 1.29 is 0 Å². The van der Waals surface area contributed by atoms with Gasteiger partial charge in [-0.15, -0.1) is 0 Å². The van der Waals surface area contributed by atoms with Gasteiger partial charge in [-0.2, -0.15) is 0 Å². The molecule has 0 atom stereocenters. The van der Waals surface area contributed by atoms with Gasteiger partial charge >= 0.3 is 0 Å². The number of aromatic nitrogens is 1. The molecule has 5 heteroatoms. The average molecular weight is 323 g/mol. The van der Waals surface area contributed by atoms with E-state index in [1.807, 2.05) is 18.3 Å². The molecule has 0 spiro atoms. The Bertz CT molecular complexity index is 670. The second kappa shape index (κ2) is 7.81. The van der Waals surface area contributed by atoms with Gasteiger partial charge in [0.1, 0.15) is 5.82 Å². The Balaban J connectivity index is 1.55.